The molecule has 0 aromatic heterocycles. The van der Waals surface area contributed by atoms with Gasteiger partial charge in [-0.3, -0.25) is 20.3 Å². The summed E-state index contributed by atoms with van der Waals surface area (Å²) in [5.41, 5.74) is 0.478. The molecule has 0 saturated heterocycles. The van der Waals surface area contributed by atoms with E-state index in [2.05, 4.69) is 4.99 Å². The number of non-ortho nitro benzene ring substituents is 1. The smallest absolute Gasteiger partial charge is 0.270 e. The monoisotopic (exact) mass is 291 g/mol. The van der Waals surface area contributed by atoms with Crippen LogP contribution in [0.3, 0.4) is 0 Å². The van der Waals surface area contributed by atoms with Crippen molar-refractivity contribution in [1.82, 2.24) is 5.06 Å². The molecule has 0 saturated carbocycles. The zero-order chi connectivity index (χ0) is 15.8. The van der Waals surface area contributed by atoms with Gasteiger partial charge in [-0.05, 0) is 26.0 Å². The largest absolute Gasteiger partial charge is 0.483 e. The lowest BCUT2D eigenvalue weighted by Crippen LogP contribution is -2.33. The number of nitro benzene ring substituents is 1. The summed E-state index contributed by atoms with van der Waals surface area (Å²) in [5.74, 6) is 0.833. The lowest BCUT2D eigenvalue weighted by Gasteiger charge is -2.32. The third-order valence-corrected chi connectivity index (χ3v) is 3.09. The predicted molar refractivity (Wildman–Crippen MR) is 78.7 cm³/mol. The van der Waals surface area contributed by atoms with E-state index in [4.69, 9.17) is 4.74 Å². The molecule has 1 aromatic rings. The molecular formula is C14H17N3O4. The SMILES string of the molecule is CN=C(C1=CC(C)(C)Oc2ccc([N+](=O)[O-])cc21)N(C)O. The molecule has 1 N–H and O–H groups in total. The number of likely N-dealkylation sites (N-methyl/N-ethyl adjacent to an activating group) is 1. The highest BCUT2D eigenvalue weighted by atomic mass is 16.6. The van der Waals surface area contributed by atoms with Crippen molar-refractivity contribution in [2.45, 2.75) is 19.4 Å². The van der Waals surface area contributed by atoms with Crippen LogP contribution in [0.4, 0.5) is 5.69 Å². The minimum Gasteiger partial charge on any atom is -0.483 e. The van der Waals surface area contributed by atoms with E-state index in [0.717, 1.165) is 5.06 Å². The van der Waals surface area contributed by atoms with Gasteiger partial charge in [0.15, 0.2) is 5.84 Å². The van der Waals surface area contributed by atoms with Crippen molar-refractivity contribution < 1.29 is 14.9 Å². The molecule has 7 heteroatoms. The molecule has 1 aliphatic heterocycles. The summed E-state index contributed by atoms with van der Waals surface area (Å²) in [6, 6.07) is 4.38. The molecule has 112 valence electrons. The molecule has 0 bridgehead atoms. The van der Waals surface area contributed by atoms with E-state index in [1.807, 2.05) is 13.8 Å². The second kappa shape index (κ2) is 5.17. The van der Waals surface area contributed by atoms with Gasteiger partial charge in [-0.25, -0.2) is 5.06 Å². The van der Waals surface area contributed by atoms with Gasteiger partial charge in [0, 0.05) is 37.4 Å². The molecule has 1 aliphatic rings. The molecule has 0 radical (unpaired) electrons. The normalized spacial score (nSPS) is 16.6. The minimum atomic E-state index is -0.607. The van der Waals surface area contributed by atoms with E-state index in [1.165, 1.54) is 19.2 Å². The van der Waals surface area contributed by atoms with Crippen molar-refractivity contribution in [3.8, 4) is 5.75 Å². The van der Waals surface area contributed by atoms with Crippen molar-refractivity contribution >= 4 is 17.1 Å². The van der Waals surface area contributed by atoms with E-state index in [1.54, 1.807) is 19.2 Å². The number of aliphatic imine (C=N–C) groups is 1. The Morgan fingerprint density at radius 1 is 1.48 bits per heavy atom. The topological polar surface area (TPSA) is 88.2 Å². The van der Waals surface area contributed by atoms with Gasteiger partial charge < -0.3 is 4.74 Å². The summed E-state index contributed by atoms with van der Waals surface area (Å²) in [5, 5.41) is 21.6. The Morgan fingerprint density at radius 3 is 2.67 bits per heavy atom. The van der Waals surface area contributed by atoms with Gasteiger partial charge in [0.05, 0.1) is 4.92 Å². The Hall–Kier alpha value is -2.41. The van der Waals surface area contributed by atoms with Crippen LogP contribution in [-0.2, 0) is 0 Å². The number of nitrogens with zero attached hydrogens (tertiary/aromatic N) is 3. The third-order valence-electron chi connectivity index (χ3n) is 3.09. The molecule has 0 fully saturated rings. The van der Waals surface area contributed by atoms with Crippen molar-refractivity contribution in [3.63, 3.8) is 0 Å². The van der Waals surface area contributed by atoms with E-state index >= 15 is 0 Å². The Labute approximate surface area is 122 Å². The van der Waals surface area contributed by atoms with Crippen LogP contribution in [0.25, 0.3) is 5.57 Å². The van der Waals surface area contributed by atoms with Gasteiger partial charge in [0.2, 0.25) is 0 Å². The number of amidine groups is 1. The van der Waals surface area contributed by atoms with Crippen LogP contribution in [-0.4, -0.2) is 40.7 Å². The highest BCUT2D eigenvalue weighted by Crippen LogP contribution is 2.38. The van der Waals surface area contributed by atoms with Gasteiger partial charge in [0.1, 0.15) is 11.4 Å². The number of hydroxylamine groups is 2. The number of ether oxygens (including phenoxy) is 1. The molecule has 0 aliphatic carbocycles. The van der Waals surface area contributed by atoms with Crippen LogP contribution in [0.2, 0.25) is 0 Å². The van der Waals surface area contributed by atoms with E-state index in [9.17, 15) is 15.3 Å². The molecule has 1 aromatic carbocycles. The first-order valence-corrected chi connectivity index (χ1v) is 6.35. The first-order chi connectivity index (χ1) is 9.75. The van der Waals surface area contributed by atoms with Crippen molar-refractivity contribution in [2.24, 2.45) is 4.99 Å². The van der Waals surface area contributed by atoms with Gasteiger partial charge in [-0.1, -0.05) is 0 Å². The summed E-state index contributed by atoms with van der Waals surface area (Å²) < 4.78 is 5.80. The summed E-state index contributed by atoms with van der Waals surface area (Å²) in [7, 11) is 2.99. The van der Waals surface area contributed by atoms with Crippen LogP contribution in [0.15, 0.2) is 29.3 Å². The molecule has 0 spiro atoms. The molecule has 2 rings (SSSR count). The summed E-state index contributed by atoms with van der Waals surface area (Å²) in [4.78, 5) is 14.5. The average molecular weight is 291 g/mol. The fourth-order valence-corrected chi connectivity index (χ4v) is 2.29. The fourth-order valence-electron chi connectivity index (χ4n) is 2.29. The maximum absolute atomic E-state index is 10.9. The second-order valence-electron chi connectivity index (χ2n) is 5.27. The standard InChI is InChI=1S/C14H17N3O4/c1-14(2)8-11(13(15-3)16(4)18)10-7-9(17(19)20)5-6-12(10)21-14/h5-8,18H,1-4H3. The molecule has 0 amide bonds. The molecule has 0 atom stereocenters. The number of fused-ring (bicyclic) bond motifs is 1. The van der Waals surface area contributed by atoms with E-state index < -0.39 is 10.5 Å². The van der Waals surface area contributed by atoms with Crippen LogP contribution in [0.1, 0.15) is 19.4 Å². The van der Waals surface area contributed by atoms with Crippen LogP contribution in [0.5, 0.6) is 5.75 Å². The summed E-state index contributed by atoms with van der Waals surface area (Å²) in [6.45, 7) is 3.73. The Kier molecular flexibility index (Phi) is 3.69. The number of nitro groups is 1. The number of benzene rings is 1. The number of hydrogen-bond acceptors (Lipinski definition) is 5. The molecular weight excluding hydrogens is 274 g/mol. The first kappa shape index (κ1) is 15.0. The van der Waals surface area contributed by atoms with Crippen molar-refractivity contribution in [1.29, 1.82) is 0 Å². The van der Waals surface area contributed by atoms with Crippen LogP contribution < -0.4 is 4.74 Å². The number of hydrogen-bond donors (Lipinski definition) is 1. The van der Waals surface area contributed by atoms with Gasteiger partial charge in [-0.2, -0.15) is 0 Å². The summed E-state index contributed by atoms with van der Waals surface area (Å²) >= 11 is 0. The van der Waals surface area contributed by atoms with Gasteiger partial charge in [-0.15, -0.1) is 0 Å². The Morgan fingerprint density at radius 2 is 2.14 bits per heavy atom. The third kappa shape index (κ3) is 2.87. The maximum Gasteiger partial charge on any atom is 0.270 e. The summed E-state index contributed by atoms with van der Waals surface area (Å²) in [6.07, 6.45) is 1.79. The Balaban J connectivity index is 2.66. The highest BCUT2D eigenvalue weighted by Gasteiger charge is 2.31. The molecule has 1 heterocycles. The maximum atomic E-state index is 10.9. The lowest BCUT2D eigenvalue weighted by atomic mass is 9.93. The average Bonchev–Trinajstić information content (AvgIpc) is 2.37. The highest BCUT2D eigenvalue weighted by molar-refractivity contribution is 6.23. The number of rotatable bonds is 2. The quantitative estimate of drug-likeness (QED) is 0.391. The van der Waals surface area contributed by atoms with Crippen molar-refractivity contribution in [2.75, 3.05) is 14.1 Å². The van der Waals surface area contributed by atoms with Gasteiger partial charge in [0.25, 0.3) is 5.69 Å². The zero-order valence-electron chi connectivity index (χ0n) is 12.3. The van der Waals surface area contributed by atoms with Crippen LogP contribution in [0, 0.1) is 10.1 Å². The first-order valence-electron chi connectivity index (χ1n) is 6.35. The Bertz CT molecular complexity index is 648. The molecule has 21 heavy (non-hydrogen) atoms. The zero-order valence-corrected chi connectivity index (χ0v) is 12.3. The second-order valence-corrected chi connectivity index (χ2v) is 5.27. The molecule has 0 unspecified atom stereocenters. The lowest BCUT2D eigenvalue weighted by molar-refractivity contribution is -0.384. The minimum absolute atomic E-state index is 0.0426. The van der Waals surface area contributed by atoms with E-state index in [0.29, 0.717) is 22.7 Å². The fraction of sp³-hybridized carbons (Fsp3) is 0.357. The van der Waals surface area contributed by atoms with Crippen LogP contribution >= 0.6 is 0 Å². The van der Waals surface area contributed by atoms with E-state index in [-0.39, 0.29) is 5.69 Å². The predicted octanol–water partition coefficient (Wildman–Crippen LogP) is 2.50. The van der Waals surface area contributed by atoms with Crippen molar-refractivity contribution in [3.05, 3.63) is 40.0 Å². The molecule has 7 nitrogen and oxygen atoms in total. The van der Waals surface area contributed by atoms with Gasteiger partial charge >= 0.3 is 0 Å².